The van der Waals surface area contributed by atoms with Gasteiger partial charge < -0.3 is 9.84 Å². The van der Waals surface area contributed by atoms with Gasteiger partial charge in [-0.3, -0.25) is 14.5 Å². The summed E-state index contributed by atoms with van der Waals surface area (Å²) in [4.78, 5) is 26.5. The van der Waals surface area contributed by atoms with Gasteiger partial charge in [-0.15, -0.1) is 0 Å². The van der Waals surface area contributed by atoms with E-state index < -0.39 is 10.8 Å². The Morgan fingerprint density at radius 1 is 1.22 bits per heavy atom. The molecule has 0 radical (unpaired) electrons. The predicted molar refractivity (Wildman–Crippen MR) is 62.5 cm³/mol. The van der Waals surface area contributed by atoms with Crippen molar-refractivity contribution in [3.8, 4) is 0 Å². The van der Waals surface area contributed by atoms with Crippen LogP contribution in [-0.4, -0.2) is 47.2 Å². The minimum Gasteiger partial charge on any atom is -0.396 e. The van der Waals surface area contributed by atoms with E-state index in [0.29, 0.717) is 13.0 Å². The van der Waals surface area contributed by atoms with E-state index in [-0.39, 0.29) is 30.6 Å². The molecule has 18 heavy (non-hydrogen) atoms. The molecule has 0 unspecified atom stereocenters. The minimum absolute atomic E-state index is 0.00611. The maximum atomic E-state index is 12.6. The van der Waals surface area contributed by atoms with Gasteiger partial charge >= 0.3 is 0 Å². The Morgan fingerprint density at radius 3 is 2.17 bits per heavy atom. The summed E-state index contributed by atoms with van der Waals surface area (Å²) < 4.78 is 5.82. The molecule has 100 valence electrons. The van der Waals surface area contributed by atoms with Crippen LogP contribution in [0.4, 0.5) is 0 Å². The molecule has 5 nitrogen and oxygen atoms in total. The van der Waals surface area contributed by atoms with Gasteiger partial charge in [-0.2, -0.15) is 0 Å². The highest BCUT2D eigenvalue weighted by molar-refractivity contribution is 6.10. The van der Waals surface area contributed by atoms with E-state index in [2.05, 4.69) is 0 Å². The molecule has 0 spiro atoms. The van der Waals surface area contributed by atoms with Crippen molar-refractivity contribution < 1.29 is 19.4 Å². The molecule has 3 aliphatic heterocycles. The second-order valence-electron chi connectivity index (χ2n) is 5.93. The molecule has 3 aliphatic rings. The topological polar surface area (TPSA) is 66.8 Å². The number of fused-ring (bicyclic) bond motifs is 5. The standard InChI is InChI=1S/C13H19NO4/c1-12-8-4-5-9(18-8)13(12,2)11(17)14(10(12)16)6-3-7-15/h8-9,15H,3-7H2,1-2H3/t8-,9+,12+,13-. The smallest absolute Gasteiger partial charge is 0.238 e. The van der Waals surface area contributed by atoms with Gasteiger partial charge in [0.15, 0.2) is 0 Å². The molecule has 4 atom stereocenters. The SMILES string of the molecule is C[C@@]12C(=O)N(CCCO)C(=O)[C@]1(C)[C@H]1CC[C@@H]2O1. The van der Waals surface area contributed by atoms with Crippen LogP contribution in [0.25, 0.3) is 0 Å². The third-order valence-corrected chi connectivity index (χ3v) is 5.31. The van der Waals surface area contributed by atoms with E-state index in [9.17, 15) is 9.59 Å². The Labute approximate surface area is 106 Å². The summed E-state index contributed by atoms with van der Waals surface area (Å²) in [5, 5.41) is 8.87. The van der Waals surface area contributed by atoms with Crippen molar-refractivity contribution in [3.05, 3.63) is 0 Å². The summed E-state index contributed by atoms with van der Waals surface area (Å²) in [7, 11) is 0. The number of hydrogen-bond donors (Lipinski definition) is 1. The van der Waals surface area contributed by atoms with Crippen molar-refractivity contribution in [2.75, 3.05) is 13.2 Å². The molecule has 3 fully saturated rings. The Kier molecular flexibility index (Phi) is 2.38. The maximum absolute atomic E-state index is 12.6. The molecule has 5 heteroatoms. The van der Waals surface area contributed by atoms with Gasteiger partial charge in [0.25, 0.3) is 0 Å². The predicted octanol–water partition coefficient (Wildman–Crippen LogP) is 0.311. The number of hydrogen-bond acceptors (Lipinski definition) is 4. The quantitative estimate of drug-likeness (QED) is 0.735. The first-order valence-electron chi connectivity index (χ1n) is 6.60. The third-order valence-electron chi connectivity index (χ3n) is 5.31. The van der Waals surface area contributed by atoms with E-state index in [1.54, 1.807) is 0 Å². The highest BCUT2D eigenvalue weighted by Crippen LogP contribution is 2.64. The van der Waals surface area contributed by atoms with E-state index >= 15 is 0 Å². The van der Waals surface area contributed by atoms with Crippen LogP contribution in [0, 0.1) is 10.8 Å². The molecular formula is C13H19NO4. The average molecular weight is 253 g/mol. The van der Waals surface area contributed by atoms with Crippen LogP contribution in [-0.2, 0) is 14.3 Å². The van der Waals surface area contributed by atoms with Gasteiger partial charge in [0.1, 0.15) is 0 Å². The van der Waals surface area contributed by atoms with Gasteiger partial charge in [0, 0.05) is 13.2 Å². The lowest BCUT2D eigenvalue weighted by Crippen LogP contribution is -2.48. The number of rotatable bonds is 3. The van der Waals surface area contributed by atoms with Crippen LogP contribution < -0.4 is 0 Å². The van der Waals surface area contributed by atoms with Gasteiger partial charge in [-0.1, -0.05) is 0 Å². The molecule has 0 aromatic carbocycles. The lowest BCUT2D eigenvalue weighted by Gasteiger charge is -2.36. The highest BCUT2D eigenvalue weighted by atomic mass is 16.5. The van der Waals surface area contributed by atoms with Crippen LogP contribution >= 0.6 is 0 Å². The van der Waals surface area contributed by atoms with Crippen LogP contribution in [0.3, 0.4) is 0 Å². The third kappa shape index (κ3) is 1.06. The van der Waals surface area contributed by atoms with Gasteiger partial charge in [0.05, 0.1) is 23.0 Å². The first kappa shape index (κ1) is 12.1. The Bertz CT molecular complexity index is 389. The van der Waals surface area contributed by atoms with Crippen molar-refractivity contribution in [1.29, 1.82) is 0 Å². The molecule has 2 amide bonds. The fourth-order valence-electron chi connectivity index (χ4n) is 3.96. The Balaban J connectivity index is 1.99. The first-order chi connectivity index (χ1) is 8.47. The number of carbonyl (C=O) groups excluding carboxylic acids is 2. The number of amides is 2. The zero-order valence-electron chi connectivity index (χ0n) is 10.8. The maximum Gasteiger partial charge on any atom is 0.238 e. The van der Waals surface area contributed by atoms with Crippen molar-refractivity contribution >= 4 is 11.8 Å². The van der Waals surface area contributed by atoms with Gasteiger partial charge in [-0.05, 0) is 33.1 Å². The summed E-state index contributed by atoms with van der Waals surface area (Å²) >= 11 is 0. The normalized spacial score (nSPS) is 46.1. The number of imide groups is 1. The van der Waals surface area contributed by atoms with Crippen LogP contribution in [0.5, 0.6) is 0 Å². The fourth-order valence-corrected chi connectivity index (χ4v) is 3.96. The molecule has 3 rings (SSSR count). The van der Waals surface area contributed by atoms with E-state index in [1.165, 1.54) is 4.90 Å². The molecule has 0 saturated carbocycles. The van der Waals surface area contributed by atoms with Crippen molar-refractivity contribution in [2.45, 2.75) is 45.3 Å². The summed E-state index contributed by atoms with van der Waals surface area (Å²) in [5.41, 5.74) is -1.41. The molecule has 0 aromatic rings. The number of aliphatic hydroxyl groups excluding tert-OH is 1. The summed E-state index contributed by atoms with van der Waals surface area (Å²) in [5.74, 6) is -0.230. The van der Waals surface area contributed by atoms with E-state index in [0.717, 1.165) is 12.8 Å². The number of aliphatic hydroxyl groups is 1. The second kappa shape index (κ2) is 3.54. The Morgan fingerprint density at radius 2 is 1.72 bits per heavy atom. The van der Waals surface area contributed by atoms with Crippen molar-refractivity contribution in [3.63, 3.8) is 0 Å². The van der Waals surface area contributed by atoms with Crippen LogP contribution in [0.15, 0.2) is 0 Å². The Hall–Kier alpha value is -0.940. The van der Waals surface area contributed by atoms with E-state index in [1.807, 2.05) is 13.8 Å². The van der Waals surface area contributed by atoms with Crippen LogP contribution in [0.2, 0.25) is 0 Å². The molecule has 0 aliphatic carbocycles. The van der Waals surface area contributed by atoms with Crippen molar-refractivity contribution in [2.24, 2.45) is 10.8 Å². The molecule has 0 aromatic heterocycles. The van der Waals surface area contributed by atoms with Crippen molar-refractivity contribution in [1.82, 2.24) is 4.90 Å². The zero-order valence-corrected chi connectivity index (χ0v) is 10.8. The lowest BCUT2D eigenvalue weighted by atomic mass is 9.59. The minimum atomic E-state index is -0.706. The number of nitrogens with zero attached hydrogens (tertiary/aromatic N) is 1. The molecule has 3 saturated heterocycles. The average Bonchev–Trinajstić information content (AvgIpc) is 2.95. The molecular weight excluding hydrogens is 234 g/mol. The summed E-state index contributed by atoms with van der Waals surface area (Å²) in [6.07, 6.45) is 1.93. The fraction of sp³-hybridized carbons (Fsp3) is 0.846. The lowest BCUT2D eigenvalue weighted by molar-refractivity contribution is -0.145. The monoisotopic (exact) mass is 253 g/mol. The second-order valence-corrected chi connectivity index (χ2v) is 5.93. The van der Waals surface area contributed by atoms with Gasteiger partial charge in [0.2, 0.25) is 11.8 Å². The highest BCUT2D eigenvalue weighted by Gasteiger charge is 2.76. The number of ether oxygens (including phenoxy) is 1. The largest absolute Gasteiger partial charge is 0.396 e. The van der Waals surface area contributed by atoms with E-state index in [4.69, 9.17) is 9.84 Å². The van der Waals surface area contributed by atoms with Crippen LogP contribution in [0.1, 0.15) is 33.1 Å². The molecule has 3 heterocycles. The van der Waals surface area contributed by atoms with Gasteiger partial charge in [-0.25, -0.2) is 0 Å². The number of likely N-dealkylation sites (tertiary alicyclic amines) is 1. The zero-order chi connectivity index (χ0) is 13.1. The first-order valence-corrected chi connectivity index (χ1v) is 6.60. The molecule has 2 bridgehead atoms. The molecule has 1 N–H and O–H groups in total. The summed E-state index contributed by atoms with van der Waals surface area (Å²) in [6, 6.07) is 0. The summed E-state index contributed by atoms with van der Waals surface area (Å²) in [6.45, 7) is 4.05. The number of carbonyl (C=O) groups is 2.